The number of amides is 2. The highest BCUT2D eigenvalue weighted by Gasteiger charge is 2.30. The second kappa shape index (κ2) is 8.76. The molecule has 152 valence electrons. The molecule has 29 heavy (non-hydrogen) atoms. The molecule has 2 aromatic heterocycles. The molecule has 0 aliphatic heterocycles. The minimum absolute atomic E-state index is 0.0523. The van der Waals surface area contributed by atoms with Crippen LogP contribution in [0, 0.1) is 0 Å². The summed E-state index contributed by atoms with van der Waals surface area (Å²) < 4.78 is 38.1. The Morgan fingerprint density at radius 1 is 1.03 bits per heavy atom. The van der Waals surface area contributed by atoms with Crippen LogP contribution in [-0.2, 0) is 22.3 Å². The van der Waals surface area contributed by atoms with Crippen molar-refractivity contribution in [2.75, 3.05) is 5.32 Å². The van der Waals surface area contributed by atoms with Crippen LogP contribution in [0.15, 0.2) is 53.9 Å². The minimum Gasteiger partial charge on any atom is -0.382 e. The number of aliphatic hydroxyl groups is 1. The van der Waals surface area contributed by atoms with Crippen LogP contribution in [0.2, 0.25) is 0 Å². The SMILES string of the molecule is O=C(NCc1ccc(C(O)c2cccs2)s1)C(=O)Nc1cccc(C(F)(F)F)c1. The molecule has 0 aliphatic rings. The van der Waals surface area contributed by atoms with Gasteiger partial charge < -0.3 is 15.7 Å². The molecule has 3 rings (SSSR count). The van der Waals surface area contributed by atoms with Crippen molar-refractivity contribution in [1.82, 2.24) is 5.32 Å². The van der Waals surface area contributed by atoms with Crippen LogP contribution in [0.4, 0.5) is 18.9 Å². The second-order valence-corrected chi connectivity index (χ2v) is 8.12. The summed E-state index contributed by atoms with van der Waals surface area (Å²) in [5, 5.41) is 16.7. The predicted octanol–water partition coefficient (Wildman–Crippen LogP) is 4.17. The summed E-state index contributed by atoms with van der Waals surface area (Å²) in [6, 6.07) is 11.1. The van der Waals surface area contributed by atoms with E-state index in [0.29, 0.717) is 4.88 Å². The van der Waals surface area contributed by atoms with Crippen molar-refractivity contribution >= 4 is 40.2 Å². The summed E-state index contributed by atoms with van der Waals surface area (Å²) in [5.74, 6) is -2.05. The van der Waals surface area contributed by atoms with E-state index in [0.717, 1.165) is 28.0 Å². The first-order chi connectivity index (χ1) is 13.7. The molecule has 5 nitrogen and oxygen atoms in total. The quantitative estimate of drug-likeness (QED) is 0.521. The molecule has 0 saturated carbocycles. The first-order valence-electron chi connectivity index (χ1n) is 8.30. The van der Waals surface area contributed by atoms with Gasteiger partial charge in [0.25, 0.3) is 0 Å². The fourth-order valence-corrected chi connectivity index (χ4v) is 4.19. The number of alkyl halides is 3. The molecule has 0 spiro atoms. The Bertz CT molecular complexity index is 1000. The summed E-state index contributed by atoms with van der Waals surface area (Å²) in [4.78, 5) is 26.1. The summed E-state index contributed by atoms with van der Waals surface area (Å²) in [7, 11) is 0. The number of aliphatic hydroxyl groups excluding tert-OH is 1. The Morgan fingerprint density at radius 3 is 2.52 bits per heavy atom. The Morgan fingerprint density at radius 2 is 1.83 bits per heavy atom. The van der Waals surface area contributed by atoms with Gasteiger partial charge in [0.15, 0.2) is 0 Å². The summed E-state index contributed by atoms with van der Waals surface area (Å²) >= 11 is 2.71. The molecule has 0 fully saturated rings. The normalized spacial score (nSPS) is 12.4. The van der Waals surface area contributed by atoms with Crippen molar-refractivity contribution in [3.63, 3.8) is 0 Å². The largest absolute Gasteiger partial charge is 0.416 e. The lowest BCUT2D eigenvalue weighted by Gasteiger charge is -2.10. The molecule has 0 aliphatic carbocycles. The standard InChI is InChI=1S/C19H15F3N2O3S2/c20-19(21,22)11-3-1-4-12(9-11)24-18(27)17(26)23-10-13-6-7-15(29-13)16(25)14-5-2-8-28-14/h1-9,16,25H,10H2,(H,23,26)(H,24,27). The lowest BCUT2D eigenvalue weighted by molar-refractivity contribution is -0.137. The molecule has 0 bridgehead atoms. The van der Waals surface area contributed by atoms with Gasteiger partial charge in [0, 0.05) is 20.3 Å². The Hall–Kier alpha value is -2.69. The van der Waals surface area contributed by atoms with Crippen LogP contribution in [-0.4, -0.2) is 16.9 Å². The zero-order valence-electron chi connectivity index (χ0n) is 14.7. The third-order valence-corrected chi connectivity index (χ3v) is 5.90. The van der Waals surface area contributed by atoms with Gasteiger partial charge in [-0.1, -0.05) is 12.1 Å². The van der Waals surface area contributed by atoms with Crippen LogP contribution in [0.25, 0.3) is 0 Å². The molecule has 1 atom stereocenters. The third-order valence-electron chi connectivity index (χ3n) is 3.84. The number of carbonyl (C=O) groups is 2. The molecule has 10 heteroatoms. The number of carbonyl (C=O) groups excluding carboxylic acids is 2. The van der Waals surface area contributed by atoms with E-state index in [1.807, 2.05) is 17.5 Å². The van der Waals surface area contributed by atoms with E-state index in [-0.39, 0.29) is 12.2 Å². The third kappa shape index (κ3) is 5.43. The van der Waals surface area contributed by atoms with E-state index in [1.165, 1.54) is 28.7 Å². The highest BCUT2D eigenvalue weighted by molar-refractivity contribution is 7.12. The van der Waals surface area contributed by atoms with Crippen molar-refractivity contribution in [3.05, 3.63) is 74.1 Å². The molecule has 1 aromatic carbocycles. The molecule has 0 saturated heterocycles. The summed E-state index contributed by atoms with van der Waals surface area (Å²) in [5.41, 5.74) is -1.05. The van der Waals surface area contributed by atoms with Gasteiger partial charge in [0.1, 0.15) is 6.10 Å². The smallest absolute Gasteiger partial charge is 0.382 e. The highest BCUT2D eigenvalue weighted by Crippen LogP contribution is 2.31. The molecule has 2 amide bonds. The molecular weight excluding hydrogens is 425 g/mol. The number of hydrogen-bond donors (Lipinski definition) is 3. The van der Waals surface area contributed by atoms with E-state index in [1.54, 1.807) is 12.1 Å². The van der Waals surface area contributed by atoms with E-state index in [9.17, 15) is 27.9 Å². The van der Waals surface area contributed by atoms with Gasteiger partial charge in [0.05, 0.1) is 12.1 Å². The predicted molar refractivity (Wildman–Crippen MR) is 105 cm³/mol. The van der Waals surface area contributed by atoms with Gasteiger partial charge in [-0.2, -0.15) is 13.2 Å². The van der Waals surface area contributed by atoms with Gasteiger partial charge in [-0.05, 0) is 41.8 Å². The number of rotatable bonds is 5. The lowest BCUT2D eigenvalue weighted by Crippen LogP contribution is -2.34. The monoisotopic (exact) mass is 440 g/mol. The van der Waals surface area contributed by atoms with Gasteiger partial charge in [-0.3, -0.25) is 9.59 Å². The van der Waals surface area contributed by atoms with Crippen molar-refractivity contribution in [2.45, 2.75) is 18.8 Å². The second-order valence-electron chi connectivity index (χ2n) is 5.94. The van der Waals surface area contributed by atoms with Gasteiger partial charge in [-0.25, -0.2) is 0 Å². The fourth-order valence-electron chi connectivity index (χ4n) is 2.43. The van der Waals surface area contributed by atoms with Gasteiger partial charge in [0.2, 0.25) is 0 Å². The van der Waals surface area contributed by atoms with Gasteiger partial charge >= 0.3 is 18.0 Å². The average molecular weight is 440 g/mol. The molecule has 3 N–H and O–H groups in total. The molecule has 0 radical (unpaired) electrons. The first kappa shape index (κ1) is 21.0. The summed E-state index contributed by atoms with van der Waals surface area (Å²) in [6.07, 6.45) is -5.30. The van der Waals surface area contributed by atoms with E-state index >= 15 is 0 Å². The number of halogens is 3. The van der Waals surface area contributed by atoms with Crippen molar-refractivity contribution in [2.24, 2.45) is 0 Å². The number of nitrogens with one attached hydrogen (secondary N) is 2. The van der Waals surface area contributed by atoms with E-state index in [2.05, 4.69) is 10.6 Å². The fraction of sp³-hybridized carbons (Fsp3) is 0.158. The first-order valence-corrected chi connectivity index (χ1v) is 10.00. The van der Waals surface area contributed by atoms with E-state index in [4.69, 9.17) is 0 Å². The summed E-state index contributed by atoms with van der Waals surface area (Å²) in [6.45, 7) is 0.0523. The molecule has 3 aromatic rings. The molecular formula is C19H15F3N2O3S2. The maximum Gasteiger partial charge on any atom is 0.416 e. The van der Waals surface area contributed by atoms with Crippen LogP contribution < -0.4 is 10.6 Å². The van der Waals surface area contributed by atoms with Crippen LogP contribution in [0.5, 0.6) is 0 Å². The highest BCUT2D eigenvalue weighted by atomic mass is 32.1. The zero-order valence-corrected chi connectivity index (χ0v) is 16.3. The zero-order chi connectivity index (χ0) is 21.0. The van der Waals surface area contributed by atoms with Crippen molar-refractivity contribution in [1.29, 1.82) is 0 Å². The number of thiophene rings is 2. The Labute approximate surface area is 171 Å². The molecule has 2 heterocycles. The van der Waals surface area contributed by atoms with Crippen LogP contribution >= 0.6 is 22.7 Å². The number of hydrogen-bond acceptors (Lipinski definition) is 5. The Kier molecular flexibility index (Phi) is 6.36. The number of benzene rings is 1. The van der Waals surface area contributed by atoms with E-state index < -0.39 is 29.7 Å². The van der Waals surface area contributed by atoms with Gasteiger partial charge in [-0.15, -0.1) is 22.7 Å². The van der Waals surface area contributed by atoms with Crippen molar-refractivity contribution < 1.29 is 27.9 Å². The topological polar surface area (TPSA) is 78.4 Å². The van der Waals surface area contributed by atoms with Crippen LogP contribution in [0.3, 0.4) is 0 Å². The maximum atomic E-state index is 12.7. The van der Waals surface area contributed by atoms with Crippen LogP contribution in [0.1, 0.15) is 26.3 Å². The lowest BCUT2D eigenvalue weighted by atomic mass is 10.2. The maximum absolute atomic E-state index is 12.7. The number of anilines is 1. The Balaban J connectivity index is 1.55. The average Bonchev–Trinajstić information content (AvgIpc) is 3.37. The minimum atomic E-state index is -4.55. The van der Waals surface area contributed by atoms with Crippen molar-refractivity contribution in [3.8, 4) is 0 Å². The molecule has 1 unspecified atom stereocenters.